The maximum Gasteiger partial charge on any atom is 0.201 e. The van der Waals surface area contributed by atoms with Crippen molar-refractivity contribution in [2.75, 3.05) is 25.6 Å². The zero-order valence-corrected chi connectivity index (χ0v) is 8.15. The molecule has 0 aromatic carbocycles. The highest BCUT2D eigenvalue weighted by molar-refractivity contribution is 6.69. The summed E-state index contributed by atoms with van der Waals surface area (Å²) in [6.07, 6.45) is 0. The fourth-order valence-corrected chi connectivity index (χ4v) is 0.883. The Morgan fingerprint density at radius 1 is 1.71 bits per heavy atom. The van der Waals surface area contributed by atoms with Crippen molar-refractivity contribution in [3.63, 3.8) is 0 Å². The first-order valence-electron chi connectivity index (χ1n) is 3.73. The van der Waals surface area contributed by atoms with Gasteiger partial charge in [-0.05, 0) is 10.3 Å². The molecule has 0 bridgehead atoms. The molecule has 1 aromatic heterocycles. The Hall–Kier alpha value is -1.34. The van der Waals surface area contributed by atoms with Gasteiger partial charge >= 0.3 is 0 Å². The number of hydrogen-bond acceptors (Lipinski definition) is 7. The number of hydrogen-bond donors (Lipinski definition) is 2. The number of methoxy groups -OCH3 is 1. The van der Waals surface area contributed by atoms with Gasteiger partial charge in [0.05, 0.1) is 6.61 Å². The number of oxime groups is 1. The molecule has 2 N–H and O–H groups in total. The van der Waals surface area contributed by atoms with Crippen LogP contribution in [0.2, 0.25) is 0 Å². The van der Waals surface area contributed by atoms with Gasteiger partial charge in [0.2, 0.25) is 11.0 Å². The van der Waals surface area contributed by atoms with Crippen LogP contribution >= 0.6 is 11.6 Å². The predicted molar refractivity (Wildman–Crippen MR) is 48.8 cm³/mol. The molecule has 78 valence electrons. The summed E-state index contributed by atoms with van der Waals surface area (Å²) < 4.78 is 9.23. The molecule has 8 heteroatoms. The van der Waals surface area contributed by atoms with Gasteiger partial charge in [0, 0.05) is 13.7 Å². The van der Waals surface area contributed by atoms with E-state index in [0.29, 0.717) is 19.0 Å². The van der Waals surface area contributed by atoms with Gasteiger partial charge in [-0.25, -0.2) is 4.63 Å². The lowest BCUT2D eigenvalue weighted by molar-refractivity contribution is 0.210. The van der Waals surface area contributed by atoms with E-state index in [1.807, 2.05) is 0 Å². The van der Waals surface area contributed by atoms with Crippen molar-refractivity contribution in [1.82, 2.24) is 10.3 Å². The Morgan fingerprint density at radius 2 is 2.50 bits per heavy atom. The van der Waals surface area contributed by atoms with Gasteiger partial charge in [-0.15, -0.1) is 0 Å². The molecule has 0 saturated carbocycles. The molecule has 0 aliphatic rings. The van der Waals surface area contributed by atoms with Crippen LogP contribution in [-0.4, -0.2) is 41.0 Å². The van der Waals surface area contributed by atoms with Gasteiger partial charge < -0.3 is 15.3 Å². The number of nitrogens with zero attached hydrogens (tertiary/aromatic N) is 3. The third-order valence-corrected chi connectivity index (χ3v) is 1.62. The van der Waals surface area contributed by atoms with Crippen molar-refractivity contribution in [2.24, 2.45) is 5.16 Å². The minimum atomic E-state index is -0.189. The molecule has 0 amide bonds. The summed E-state index contributed by atoms with van der Waals surface area (Å²) in [5, 5.41) is 20.8. The van der Waals surface area contributed by atoms with Crippen molar-refractivity contribution >= 4 is 22.6 Å². The van der Waals surface area contributed by atoms with E-state index in [1.165, 1.54) is 0 Å². The summed E-state index contributed by atoms with van der Waals surface area (Å²) >= 11 is 5.52. The molecule has 7 nitrogen and oxygen atoms in total. The molecule has 1 aromatic rings. The standard InChI is InChI=1S/C6H9ClN4O3/c1-13-3-2-8-6-4(5(7)9-12)10-14-11-6/h12H,2-3H2,1H3,(H,8,11)/b9-5+. The molecular formula is C6H9ClN4O3. The van der Waals surface area contributed by atoms with E-state index in [9.17, 15) is 0 Å². The molecule has 0 unspecified atom stereocenters. The molecule has 0 saturated heterocycles. The van der Waals surface area contributed by atoms with E-state index in [-0.39, 0.29) is 10.9 Å². The van der Waals surface area contributed by atoms with Gasteiger partial charge in [0.1, 0.15) is 0 Å². The number of rotatable bonds is 5. The first-order valence-corrected chi connectivity index (χ1v) is 4.10. The Bertz CT molecular complexity index is 314. The van der Waals surface area contributed by atoms with Crippen LogP contribution in [-0.2, 0) is 4.74 Å². The van der Waals surface area contributed by atoms with Gasteiger partial charge in [-0.1, -0.05) is 16.8 Å². The summed E-state index contributed by atoms with van der Waals surface area (Å²) in [6, 6.07) is 0. The third-order valence-electron chi connectivity index (χ3n) is 1.37. The Balaban J connectivity index is 2.63. The first kappa shape index (κ1) is 10.7. The van der Waals surface area contributed by atoms with E-state index >= 15 is 0 Å². The number of halogens is 1. The average molecular weight is 221 g/mol. The van der Waals surface area contributed by atoms with Crippen molar-refractivity contribution in [3.8, 4) is 0 Å². The van der Waals surface area contributed by atoms with E-state index < -0.39 is 0 Å². The second-order valence-electron chi connectivity index (χ2n) is 2.27. The van der Waals surface area contributed by atoms with Crippen LogP contribution in [0.3, 0.4) is 0 Å². The smallest absolute Gasteiger partial charge is 0.201 e. The van der Waals surface area contributed by atoms with Crippen LogP contribution in [0.25, 0.3) is 0 Å². The first-order chi connectivity index (χ1) is 6.79. The van der Waals surface area contributed by atoms with Gasteiger partial charge in [-0.3, -0.25) is 0 Å². The lowest BCUT2D eigenvalue weighted by Crippen LogP contribution is -2.10. The van der Waals surface area contributed by atoms with Crippen molar-refractivity contribution in [3.05, 3.63) is 5.69 Å². The van der Waals surface area contributed by atoms with E-state index in [4.69, 9.17) is 21.5 Å². The van der Waals surface area contributed by atoms with Crippen LogP contribution in [0.5, 0.6) is 0 Å². The molecule has 1 heterocycles. The summed E-state index contributed by atoms with van der Waals surface area (Å²) in [5.41, 5.74) is 0.158. The normalized spacial score (nSPS) is 11.7. The van der Waals surface area contributed by atoms with Gasteiger partial charge in [0.15, 0.2) is 5.69 Å². The number of anilines is 1. The molecule has 1 rings (SSSR count). The van der Waals surface area contributed by atoms with Gasteiger partial charge in [0.25, 0.3) is 0 Å². The second kappa shape index (κ2) is 5.40. The molecular weight excluding hydrogens is 212 g/mol. The quantitative estimate of drug-likeness (QED) is 0.325. The molecule has 0 aliphatic carbocycles. The molecule has 0 radical (unpaired) electrons. The van der Waals surface area contributed by atoms with Crippen LogP contribution in [0.4, 0.5) is 5.82 Å². The van der Waals surface area contributed by atoms with E-state index in [1.54, 1.807) is 7.11 Å². The van der Waals surface area contributed by atoms with E-state index in [0.717, 1.165) is 0 Å². The highest BCUT2D eigenvalue weighted by atomic mass is 35.5. The topological polar surface area (TPSA) is 92.8 Å². The van der Waals surface area contributed by atoms with Crippen LogP contribution in [0.15, 0.2) is 9.78 Å². The molecule has 0 fully saturated rings. The fraction of sp³-hybridized carbons (Fsp3) is 0.500. The van der Waals surface area contributed by atoms with Crippen LogP contribution in [0, 0.1) is 0 Å². The molecule has 0 spiro atoms. The minimum absolute atomic E-state index is 0.158. The van der Waals surface area contributed by atoms with E-state index in [2.05, 4.69) is 25.4 Å². The zero-order chi connectivity index (χ0) is 10.4. The fourth-order valence-electron chi connectivity index (χ4n) is 0.759. The molecule has 14 heavy (non-hydrogen) atoms. The lowest BCUT2D eigenvalue weighted by atomic mass is 10.4. The third kappa shape index (κ3) is 2.57. The summed E-state index contributed by atoms with van der Waals surface area (Å²) in [4.78, 5) is 0. The molecule has 0 aliphatic heterocycles. The molecule has 0 atom stereocenters. The lowest BCUT2D eigenvalue weighted by Gasteiger charge is -2.00. The van der Waals surface area contributed by atoms with Crippen molar-refractivity contribution < 1.29 is 14.6 Å². The summed E-state index contributed by atoms with van der Waals surface area (Å²) in [5.74, 6) is 0.310. The Labute approximate surface area is 84.6 Å². The second-order valence-corrected chi connectivity index (χ2v) is 2.63. The maximum absolute atomic E-state index is 8.40. The Morgan fingerprint density at radius 3 is 3.14 bits per heavy atom. The summed E-state index contributed by atoms with van der Waals surface area (Å²) in [6.45, 7) is 1.02. The minimum Gasteiger partial charge on any atom is -0.410 e. The maximum atomic E-state index is 8.40. The monoisotopic (exact) mass is 220 g/mol. The summed E-state index contributed by atoms with van der Waals surface area (Å²) in [7, 11) is 1.58. The highest BCUT2D eigenvalue weighted by Gasteiger charge is 2.14. The SMILES string of the molecule is COCCNc1nonc1/C(Cl)=N\O. The van der Waals surface area contributed by atoms with Crippen molar-refractivity contribution in [1.29, 1.82) is 0 Å². The largest absolute Gasteiger partial charge is 0.410 e. The highest BCUT2D eigenvalue weighted by Crippen LogP contribution is 2.12. The van der Waals surface area contributed by atoms with Gasteiger partial charge in [-0.2, -0.15) is 0 Å². The number of nitrogens with one attached hydrogen (secondary N) is 1. The zero-order valence-electron chi connectivity index (χ0n) is 7.40. The van der Waals surface area contributed by atoms with Crippen LogP contribution in [0.1, 0.15) is 5.69 Å². The average Bonchev–Trinajstić information content (AvgIpc) is 2.65. The predicted octanol–water partition coefficient (Wildman–Crippen LogP) is 0.502. The Kier molecular flexibility index (Phi) is 4.14. The van der Waals surface area contributed by atoms with Crippen LogP contribution < -0.4 is 5.32 Å². The number of aromatic nitrogens is 2. The van der Waals surface area contributed by atoms with Crippen molar-refractivity contribution in [2.45, 2.75) is 0 Å². The number of ether oxygens (including phenoxy) is 1.